The Morgan fingerprint density at radius 2 is 2.03 bits per heavy atom. The number of nitrogens with zero attached hydrogens (tertiary/aromatic N) is 6. The highest BCUT2D eigenvalue weighted by atomic mass is 19.1. The van der Waals surface area contributed by atoms with Gasteiger partial charge in [-0.3, -0.25) is 9.36 Å². The van der Waals surface area contributed by atoms with E-state index in [-0.39, 0.29) is 18.0 Å². The molecule has 4 unspecified atom stereocenters. The van der Waals surface area contributed by atoms with E-state index in [1.807, 2.05) is 38.1 Å². The molecule has 1 saturated carbocycles. The second kappa shape index (κ2) is 8.62. The molecule has 0 bridgehead atoms. The highest BCUT2D eigenvalue weighted by Crippen LogP contribution is 2.62. The summed E-state index contributed by atoms with van der Waals surface area (Å²) in [4.78, 5) is 25.6. The molecule has 0 spiro atoms. The van der Waals surface area contributed by atoms with E-state index in [9.17, 15) is 9.18 Å². The molecule has 6 rings (SSSR count). The van der Waals surface area contributed by atoms with Crippen molar-refractivity contribution in [1.82, 2.24) is 29.2 Å². The Morgan fingerprint density at radius 1 is 1.24 bits per heavy atom. The molecular weight excluding hydrogens is 435 g/mol. The zero-order chi connectivity index (χ0) is 24.0. The van der Waals surface area contributed by atoms with Crippen LogP contribution in [0.15, 0.2) is 52.3 Å². The van der Waals surface area contributed by atoms with Crippen molar-refractivity contribution in [3.8, 4) is 0 Å². The molecule has 4 aromatic rings. The monoisotopic (exact) mass is 462 g/mol. The summed E-state index contributed by atoms with van der Waals surface area (Å²) in [5.41, 5.74) is 3.70. The van der Waals surface area contributed by atoms with Crippen LogP contribution >= 0.6 is 0 Å². The number of aryl methyl sites for hydroxylation is 1. The van der Waals surface area contributed by atoms with Crippen LogP contribution in [0, 0.1) is 11.8 Å². The van der Waals surface area contributed by atoms with Gasteiger partial charge in [-0.25, -0.2) is 14.4 Å². The number of alkyl halides is 1. The minimum absolute atomic E-state index is 0.164. The third-order valence-corrected chi connectivity index (χ3v) is 6.58. The summed E-state index contributed by atoms with van der Waals surface area (Å²) in [6.07, 6.45) is 5.23. The van der Waals surface area contributed by atoms with Crippen LogP contribution < -0.4 is 5.56 Å². The quantitative estimate of drug-likeness (QED) is 0.436. The molecule has 2 aliphatic rings. The van der Waals surface area contributed by atoms with Gasteiger partial charge < -0.3 is 9.09 Å². The number of aromatic nitrogens is 6. The van der Waals surface area contributed by atoms with E-state index < -0.39 is 6.17 Å². The Morgan fingerprint density at radius 3 is 2.76 bits per heavy atom. The van der Waals surface area contributed by atoms with Crippen molar-refractivity contribution in [1.29, 1.82) is 0 Å². The Hall–Kier alpha value is -3.62. The van der Waals surface area contributed by atoms with E-state index in [0.29, 0.717) is 40.3 Å². The number of fused-ring (bicyclic) bond motifs is 2. The molecule has 34 heavy (non-hydrogen) atoms. The number of hydrogen-bond acceptors (Lipinski definition) is 6. The summed E-state index contributed by atoms with van der Waals surface area (Å²) in [5, 5.41) is 4.17. The summed E-state index contributed by atoms with van der Waals surface area (Å²) >= 11 is 0. The van der Waals surface area contributed by atoms with Crippen molar-refractivity contribution in [3.63, 3.8) is 0 Å². The molecule has 0 N–H and O–H groups in total. The molecule has 1 aromatic carbocycles. The standard InChI is InChI=1S/C23H21FN6O2.C2H6/c1-12(24)13-4-3-5-14(6-13)15-7-16-17(8-15)19(16)21-27-18(32-28-21)9-30-11-26-22-20(23(30)31)29(2)10-25-22;1-2/h3-7,10-12,16-17,19H,8-9H2,1-2H3;1-2H3. The summed E-state index contributed by atoms with van der Waals surface area (Å²) < 4.78 is 22.2. The van der Waals surface area contributed by atoms with Gasteiger partial charge in [-0.05, 0) is 47.9 Å². The molecule has 0 radical (unpaired) electrons. The molecule has 3 heterocycles. The zero-order valence-corrected chi connectivity index (χ0v) is 19.6. The fourth-order valence-electron chi connectivity index (χ4n) is 4.81. The van der Waals surface area contributed by atoms with Crippen LogP contribution in [0.1, 0.15) is 62.1 Å². The predicted molar refractivity (Wildman–Crippen MR) is 126 cm³/mol. The third-order valence-electron chi connectivity index (χ3n) is 6.58. The van der Waals surface area contributed by atoms with E-state index in [4.69, 9.17) is 4.52 Å². The van der Waals surface area contributed by atoms with Gasteiger partial charge >= 0.3 is 0 Å². The number of halogens is 1. The summed E-state index contributed by atoms with van der Waals surface area (Å²) in [6.45, 7) is 5.72. The summed E-state index contributed by atoms with van der Waals surface area (Å²) in [6, 6.07) is 7.71. The van der Waals surface area contributed by atoms with E-state index in [1.165, 1.54) is 16.5 Å². The second-order valence-corrected chi connectivity index (χ2v) is 8.66. The predicted octanol–water partition coefficient (Wildman–Crippen LogP) is 4.43. The first-order valence-corrected chi connectivity index (χ1v) is 11.6. The lowest BCUT2D eigenvalue weighted by molar-refractivity contribution is 0.364. The largest absolute Gasteiger partial charge is 0.337 e. The van der Waals surface area contributed by atoms with Gasteiger partial charge in [0.25, 0.3) is 5.56 Å². The number of benzene rings is 1. The van der Waals surface area contributed by atoms with E-state index in [2.05, 4.69) is 26.2 Å². The minimum atomic E-state index is -0.974. The van der Waals surface area contributed by atoms with Crippen molar-refractivity contribution in [2.75, 3.05) is 0 Å². The molecule has 0 amide bonds. The second-order valence-electron chi connectivity index (χ2n) is 8.66. The summed E-state index contributed by atoms with van der Waals surface area (Å²) in [5.74, 6) is 2.10. The molecule has 4 atom stereocenters. The smallest absolute Gasteiger partial charge is 0.280 e. The average Bonchev–Trinajstić information content (AvgIpc) is 3.25. The first-order valence-electron chi connectivity index (χ1n) is 11.6. The Labute approximate surface area is 196 Å². The molecule has 3 aromatic heterocycles. The van der Waals surface area contributed by atoms with Crippen molar-refractivity contribution in [2.24, 2.45) is 18.9 Å². The Kier molecular flexibility index (Phi) is 5.63. The average molecular weight is 463 g/mol. The van der Waals surface area contributed by atoms with Gasteiger partial charge in [-0.1, -0.05) is 43.3 Å². The van der Waals surface area contributed by atoms with Crippen LogP contribution in [-0.4, -0.2) is 29.2 Å². The topological polar surface area (TPSA) is 91.6 Å². The van der Waals surface area contributed by atoms with Gasteiger partial charge in [0.1, 0.15) is 19.0 Å². The first-order chi connectivity index (χ1) is 16.5. The third kappa shape index (κ3) is 3.74. The van der Waals surface area contributed by atoms with Gasteiger partial charge in [-0.15, -0.1) is 0 Å². The minimum Gasteiger partial charge on any atom is -0.337 e. The molecule has 8 nitrogen and oxygen atoms in total. The van der Waals surface area contributed by atoms with Crippen LogP contribution in [0.4, 0.5) is 4.39 Å². The van der Waals surface area contributed by atoms with Gasteiger partial charge in [-0.2, -0.15) is 4.98 Å². The van der Waals surface area contributed by atoms with Gasteiger partial charge in [0.2, 0.25) is 5.89 Å². The molecule has 176 valence electrons. The van der Waals surface area contributed by atoms with Gasteiger partial charge in [0.15, 0.2) is 17.0 Å². The fourth-order valence-corrected chi connectivity index (χ4v) is 4.81. The first kappa shape index (κ1) is 22.2. The fraction of sp³-hybridized carbons (Fsp3) is 0.400. The lowest BCUT2D eigenvalue weighted by Crippen LogP contribution is -2.22. The number of rotatable bonds is 5. The van der Waals surface area contributed by atoms with E-state index >= 15 is 0 Å². The number of hydrogen-bond donors (Lipinski definition) is 0. The number of imidazole rings is 1. The normalized spacial score (nSPS) is 21.6. The van der Waals surface area contributed by atoms with Crippen LogP contribution in [0.3, 0.4) is 0 Å². The molecule has 1 fully saturated rings. The van der Waals surface area contributed by atoms with Crippen molar-refractivity contribution >= 4 is 16.7 Å². The highest BCUT2D eigenvalue weighted by Gasteiger charge is 2.55. The molecule has 2 aliphatic carbocycles. The van der Waals surface area contributed by atoms with Crippen LogP contribution in [0.2, 0.25) is 0 Å². The molecule has 9 heteroatoms. The molecule has 0 aliphatic heterocycles. The zero-order valence-electron chi connectivity index (χ0n) is 19.6. The van der Waals surface area contributed by atoms with Crippen molar-refractivity contribution < 1.29 is 8.91 Å². The lowest BCUT2D eigenvalue weighted by Gasteiger charge is -2.09. The highest BCUT2D eigenvalue weighted by molar-refractivity contribution is 5.71. The summed E-state index contributed by atoms with van der Waals surface area (Å²) in [7, 11) is 1.76. The molecular formula is C25H27FN6O2. The van der Waals surface area contributed by atoms with E-state index in [1.54, 1.807) is 24.9 Å². The Balaban J connectivity index is 0.00000117. The maximum Gasteiger partial charge on any atom is 0.280 e. The van der Waals surface area contributed by atoms with E-state index in [0.717, 1.165) is 12.0 Å². The van der Waals surface area contributed by atoms with Crippen LogP contribution in [-0.2, 0) is 13.6 Å². The maximum atomic E-state index is 13.7. The van der Waals surface area contributed by atoms with Crippen molar-refractivity contribution in [2.45, 2.75) is 45.8 Å². The Bertz CT molecular complexity index is 1430. The van der Waals surface area contributed by atoms with Crippen LogP contribution in [0.5, 0.6) is 0 Å². The van der Waals surface area contributed by atoms with Crippen LogP contribution in [0.25, 0.3) is 16.7 Å². The van der Waals surface area contributed by atoms with Crippen molar-refractivity contribution in [3.05, 3.63) is 76.2 Å². The maximum absolute atomic E-state index is 13.7. The van der Waals surface area contributed by atoms with Gasteiger partial charge in [0.05, 0.1) is 6.33 Å². The lowest BCUT2D eigenvalue weighted by atomic mass is 9.98. The number of allylic oxidation sites excluding steroid dienone is 2. The molecule has 0 saturated heterocycles. The SMILES string of the molecule is CC.CC(F)c1cccc(C2=CC3C(C2)C3c2noc(Cn3cnc4ncn(C)c4c3=O)n2)c1. The van der Waals surface area contributed by atoms with Gasteiger partial charge in [0, 0.05) is 13.0 Å².